The van der Waals surface area contributed by atoms with E-state index in [2.05, 4.69) is 5.32 Å². The summed E-state index contributed by atoms with van der Waals surface area (Å²) >= 11 is 0. The third-order valence-electron chi connectivity index (χ3n) is 4.14. The summed E-state index contributed by atoms with van der Waals surface area (Å²) < 4.78 is 30.6. The number of hydrogen-bond donors (Lipinski definition) is 1. The molecule has 1 amide bonds. The van der Waals surface area contributed by atoms with Crippen LogP contribution in [-0.4, -0.2) is 45.1 Å². The van der Waals surface area contributed by atoms with Crippen LogP contribution in [-0.2, 0) is 21.4 Å². The van der Waals surface area contributed by atoms with Gasteiger partial charge in [0.1, 0.15) is 5.75 Å². The maximum Gasteiger partial charge on any atom is 0.223 e. The summed E-state index contributed by atoms with van der Waals surface area (Å²) in [4.78, 5) is 11.8. The van der Waals surface area contributed by atoms with Crippen LogP contribution in [0.4, 0.5) is 0 Å². The summed E-state index contributed by atoms with van der Waals surface area (Å²) in [5.41, 5.74) is 0.797. The summed E-state index contributed by atoms with van der Waals surface area (Å²) in [5.74, 6) is 0.789. The highest BCUT2D eigenvalue weighted by molar-refractivity contribution is 7.88. The van der Waals surface area contributed by atoms with Crippen LogP contribution in [0.2, 0.25) is 0 Å². The molecule has 0 atom stereocenters. The third-order valence-corrected chi connectivity index (χ3v) is 5.39. The van der Waals surface area contributed by atoms with Crippen molar-refractivity contribution in [3.05, 3.63) is 29.8 Å². The summed E-state index contributed by atoms with van der Waals surface area (Å²) in [7, 11) is -1.81. The predicted molar refractivity (Wildman–Crippen MR) is 88.6 cm³/mol. The second-order valence-electron chi connectivity index (χ2n) is 5.83. The Morgan fingerprint density at radius 1 is 1.35 bits per heavy atom. The number of methoxy groups -OCH3 is 1. The van der Waals surface area contributed by atoms with Crippen LogP contribution in [0.3, 0.4) is 0 Å². The lowest BCUT2D eigenvalue weighted by atomic mass is 9.85. The van der Waals surface area contributed by atoms with Crippen molar-refractivity contribution in [3.63, 3.8) is 0 Å². The molecule has 0 bridgehead atoms. The van der Waals surface area contributed by atoms with E-state index < -0.39 is 10.0 Å². The fraction of sp³-hybridized carbons (Fsp3) is 0.562. The van der Waals surface area contributed by atoms with Crippen LogP contribution in [0.1, 0.15) is 24.8 Å². The normalized spacial score (nSPS) is 15.3. The van der Waals surface area contributed by atoms with E-state index in [9.17, 15) is 13.2 Å². The van der Waals surface area contributed by atoms with Gasteiger partial charge in [0.15, 0.2) is 0 Å². The Kier molecular flexibility index (Phi) is 6.01. The van der Waals surface area contributed by atoms with E-state index in [-0.39, 0.29) is 24.9 Å². The van der Waals surface area contributed by atoms with Crippen LogP contribution in [0, 0.1) is 5.92 Å². The highest BCUT2D eigenvalue weighted by Crippen LogP contribution is 2.26. The Morgan fingerprint density at radius 2 is 2.04 bits per heavy atom. The number of amides is 1. The minimum Gasteiger partial charge on any atom is -0.496 e. The average molecular weight is 340 g/mol. The van der Waals surface area contributed by atoms with Crippen molar-refractivity contribution < 1.29 is 17.9 Å². The van der Waals surface area contributed by atoms with E-state index in [1.54, 1.807) is 13.2 Å². The molecule has 2 rings (SSSR count). The monoisotopic (exact) mass is 340 g/mol. The SMILES string of the molecule is COc1ccccc1CN(CCNC(=O)C1CCC1)S(C)(=O)=O. The highest BCUT2D eigenvalue weighted by Gasteiger charge is 2.25. The van der Waals surface area contributed by atoms with Crippen molar-refractivity contribution >= 4 is 15.9 Å². The van der Waals surface area contributed by atoms with Gasteiger partial charge in [0, 0.05) is 31.1 Å². The molecule has 1 aromatic carbocycles. The molecule has 0 unspecified atom stereocenters. The number of sulfonamides is 1. The molecule has 1 N–H and O–H groups in total. The van der Waals surface area contributed by atoms with Crippen LogP contribution in [0.25, 0.3) is 0 Å². The first-order chi connectivity index (χ1) is 10.9. The van der Waals surface area contributed by atoms with Crippen molar-refractivity contribution in [2.75, 3.05) is 26.5 Å². The molecule has 1 fully saturated rings. The van der Waals surface area contributed by atoms with E-state index in [1.165, 1.54) is 10.6 Å². The molecule has 0 aliphatic heterocycles. The quantitative estimate of drug-likeness (QED) is 0.775. The molecule has 1 aliphatic rings. The number of benzene rings is 1. The molecule has 1 saturated carbocycles. The standard InChI is InChI=1S/C16H24N2O4S/c1-22-15-9-4-3-6-14(15)12-18(23(2,20)21)11-10-17-16(19)13-7-5-8-13/h3-4,6,9,13H,5,7-8,10-12H2,1-2H3,(H,17,19). The summed E-state index contributed by atoms with van der Waals surface area (Å²) in [6.07, 6.45) is 4.14. The molecule has 0 aromatic heterocycles. The lowest BCUT2D eigenvalue weighted by Gasteiger charge is -2.25. The van der Waals surface area contributed by atoms with E-state index >= 15 is 0 Å². The van der Waals surface area contributed by atoms with Gasteiger partial charge >= 0.3 is 0 Å². The topological polar surface area (TPSA) is 75.7 Å². The van der Waals surface area contributed by atoms with E-state index in [4.69, 9.17) is 4.74 Å². The summed E-state index contributed by atoms with van der Waals surface area (Å²) in [6.45, 7) is 0.787. The molecule has 0 spiro atoms. The Labute approximate surface area is 137 Å². The average Bonchev–Trinajstić information content (AvgIpc) is 2.43. The van der Waals surface area contributed by atoms with Crippen LogP contribution >= 0.6 is 0 Å². The number of nitrogens with zero attached hydrogens (tertiary/aromatic N) is 1. The largest absolute Gasteiger partial charge is 0.496 e. The molecular formula is C16H24N2O4S. The molecule has 0 radical (unpaired) electrons. The third kappa shape index (κ3) is 4.94. The van der Waals surface area contributed by atoms with Gasteiger partial charge in [-0.1, -0.05) is 24.6 Å². The first kappa shape index (κ1) is 17.7. The Hall–Kier alpha value is -1.60. The molecular weight excluding hydrogens is 316 g/mol. The zero-order chi connectivity index (χ0) is 16.9. The lowest BCUT2D eigenvalue weighted by molar-refractivity contribution is -0.127. The molecule has 1 aliphatic carbocycles. The van der Waals surface area contributed by atoms with Gasteiger partial charge in [-0.25, -0.2) is 8.42 Å². The molecule has 7 heteroatoms. The van der Waals surface area contributed by atoms with Crippen LogP contribution in [0.15, 0.2) is 24.3 Å². The second-order valence-corrected chi connectivity index (χ2v) is 7.81. The lowest BCUT2D eigenvalue weighted by Crippen LogP contribution is -2.41. The Bertz CT molecular complexity index is 641. The Morgan fingerprint density at radius 3 is 2.61 bits per heavy atom. The zero-order valence-corrected chi connectivity index (χ0v) is 14.4. The summed E-state index contributed by atoms with van der Waals surface area (Å²) in [5, 5.41) is 2.83. The summed E-state index contributed by atoms with van der Waals surface area (Å²) in [6, 6.07) is 7.32. The molecule has 0 heterocycles. The van der Waals surface area contributed by atoms with Gasteiger partial charge in [-0.15, -0.1) is 0 Å². The second kappa shape index (κ2) is 7.79. The molecule has 128 valence electrons. The number of carbonyl (C=O) groups excluding carboxylic acids is 1. The van der Waals surface area contributed by atoms with E-state index in [0.29, 0.717) is 12.3 Å². The van der Waals surface area contributed by atoms with Gasteiger partial charge in [-0.05, 0) is 18.9 Å². The number of rotatable bonds is 8. The fourth-order valence-corrected chi connectivity index (χ4v) is 3.30. The first-order valence-electron chi connectivity index (χ1n) is 7.76. The fourth-order valence-electron chi connectivity index (χ4n) is 2.50. The minimum atomic E-state index is -3.37. The number of hydrogen-bond acceptors (Lipinski definition) is 4. The van der Waals surface area contributed by atoms with Crippen molar-refractivity contribution in [2.24, 2.45) is 5.92 Å². The molecule has 1 aromatic rings. The van der Waals surface area contributed by atoms with Crippen LogP contribution < -0.4 is 10.1 Å². The van der Waals surface area contributed by atoms with Gasteiger partial charge < -0.3 is 10.1 Å². The molecule has 0 saturated heterocycles. The van der Waals surface area contributed by atoms with Gasteiger partial charge in [0.2, 0.25) is 15.9 Å². The maximum absolute atomic E-state index is 12.0. The Balaban J connectivity index is 1.96. The van der Waals surface area contributed by atoms with Crippen molar-refractivity contribution in [2.45, 2.75) is 25.8 Å². The van der Waals surface area contributed by atoms with Gasteiger partial charge in [-0.3, -0.25) is 4.79 Å². The number of nitrogens with one attached hydrogen (secondary N) is 1. The van der Waals surface area contributed by atoms with Crippen molar-refractivity contribution in [3.8, 4) is 5.75 Å². The van der Waals surface area contributed by atoms with Crippen molar-refractivity contribution in [1.82, 2.24) is 9.62 Å². The van der Waals surface area contributed by atoms with Gasteiger partial charge in [0.25, 0.3) is 0 Å². The highest BCUT2D eigenvalue weighted by atomic mass is 32.2. The number of ether oxygens (including phenoxy) is 1. The smallest absolute Gasteiger partial charge is 0.223 e. The number of para-hydroxylation sites is 1. The maximum atomic E-state index is 12.0. The predicted octanol–water partition coefficient (Wildman–Crippen LogP) is 1.37. The zero-order valence-electron chi connectivity index (χ0n) is 13.6. The van der Waals surface area contributed by atoms with E-state index in [0.717, 1.165) is 24.8 Å². The van der Waals surface area contributed by atoms with Gasteiger partial charge in [-0.2, -0.15) is 4.31 Å². The van der Waals surface area contributed by atoms with Crippen LogP contribution in [0.5, 0.6) is 5.75 Å². The van der Waals surface area contributed by atoms with Gasteiger partial charge in [0.05, 0.1) is 13.4 Å². The van der Waals surface area contributed by atoms with Crippen molar-refractivity contribution in [1.29, 1.82) is 0 Å². The molecule has 23 heavy (non-hydrogen) atoms. The molecule has 6 nitrogen and oxygen atoms in total. The number of carbonyl (C=O) groups is 1. The minimum absolute atomic E-state index is 0.0296. The van der Waals surface area contributed by atoms with E-state index in [1.807, 2.05) is 18.2 Å². The first-order valence-corrected chi connectivity index (χ1v) is 9.61.